The van der Waals surface area contributed by atoms with Crippen LogP contribution in [0.5, 0.6) is 0 Å². The third kappa shape index (κ3) is 2.37. The van der Waals surface area contributed by atoms with E-state index in [1.54, 1.807) is 23.9 Å². The first kappa shape index (κ1) is 13.0. The summed E-state index contributed by atoms with van der Waals surface area (Å²) in [5.74, 6) is 1.05. The summed E-state index contributed by atoms with van der Waals surface area (Å²) in [5, 5.41) is 22.2. The second kappa shape index (κ2) is 5.19. The van der Waals surface area contributed by atoms with E-state index in [1.165, 1.54) is 25.7 Å². The number of rotatable bonds is 1. The molecule has 1 saturated carbocycles. The number of benzene rings is 1. The van der Waals surface area contributed by atoms with Crippen molar-refractivity contribution in [3.63, 3.8) is 0 Å². The van der Waals surface area contributed by atoms with Gasteiger partial charge < -0.3 is 5.32 Å². The van der Waals surface area contributed by atoms with E-state index >= 15 is 0 Å². The Labute approximate surface area is 122 Å². The minimum atomic E-state index is 0.150. The smallest absolute Gasteiger partial charge is 0.161 e. The summed E-state index contributed by atoms with van der Waals surface area (Å²) < 4.78 is 0. The van der Waals surface area contributed by atoms with Crippen LogP contribution in [0.3, 0.4) is 0 Å². The third-order valence-corrected chi connectivity index (χ3v) is 5.01. The molecule has 1 N–H and O–H groups in total. The van der Waals surface area contributed by atoms with E-state index in [-0.39, 0.29) is 5.54 Å². The van der Waals surface area contributed by atoms with Crippen LogP contribution in [-0.2, 0) is 0 Å². The molecule has 1 aliphatic carbocycles. The van der Waals surface area contributed by atoms with Gasteiger partial charge in [-0.05, 0) is 31.0 Å². The molecule has 0 radical (unpaired) electrons. The Kier molecular flexibility index (Phi) is 3.38. The molecule has 0 atom stereocenters. The Morgan fingerprint density at radius 2 is 1.90 bits per heavy atom. The molecule has 1 aromatic rings. The average molecular weight is 282 g/mol. The van der Waals surface area contributed by atoms with Gasteiger partial charge >= 0.3 is 0 Å². The van der Waals surface area contributed by atoms with E-state index in [9.17, 15) is 0 Å². The maximum atomic E-state index is 9.04. The van der Waals surface area contributed by atoms with Gasteiger partial charge in [0.2, 0.25) is 0 Å². The Morgan fingerprint density at radius 3 is 2.60 bits per heavy atom. The van der Waals surface area contributed by atoms with Crippen LogP contribution in [-0.4, -0.2) is 16.5 Å². The normalized spacial score (nSPS) is 19.4. The van der Waals surface area contributed by atoms with Crippen molar-refractivity contribution in [2.45, 2.75) is 31.2 Å². The lowest BCUT2D eigenvalue weighted by Gasteiger charge is -2.16. The molecule has 1 fully saturated rings. The summed E-state index contributed by atoms with van der Waals surface area (Å²) in [6.45, 7) is 0. The van der Waals surface area contributed by atoms with E-state index in [1.807, 2.05) is 12.1 Å². The molecule has 20 heavy (non-hydrogen) atoms. The second-order valence-corrected chi connectivity index (χ2v) is 6.21. The molecule has 1 aliphatic heterocycles. The highest BCUT2D eigenvalue weighted by Gasteiger charge is 2.38. The molecule has 0 bridgehead atoms. The zero-order chi connectivity index (χ0) is 14.0. The van der Waals surface area contributed by atoms with Crippen LogP contribution in [0.15, 0.2) is 23.2 Å². The Morgan fingerprint density at radius 1 is 1.15 bits per heavy atom. The van der Waals surface area contributed by atoms with Gasteiger partial charge in [-0.3, -0.25) is 4.99 Å². The lowest BCUT2D eigenvalue weighted by atomic mass is 10.0. The molecule has 2 aliphatic rings. The lowest BCUT2D eigenvalue weighted by molar-refractivity contribution is 0.508. The standard InChI is InChI=1S/C15H14N4S/c16-8-11-3-4-13(7-12(11)9-17)18-14-19-15(10-20-14)5-1-2-6-15/h3-4,7H,1-2,5-6,10H2,(H,18,19). The summed E-state index contributed by atoms with van der Waals surface area (Å²) in [6.07, 6.45) is 4.91. The second-order valence-electron chi connectivity index (χ2n) is 5.25. The van der Waals surface area contributed by atoms with E-state index in [0.717, 1.165) is 16.6 Å². The van der Waals surface area contributed by atoms with Crippen molar-refractivity contribution in [3.8, 4) is 12.1 Å². The first-order valence-corrected chi connectivity index (χ1v) is 7.67. The van der Waals surface area contributed by atoms with Crippen LogP contribution >= 0.6 is 11.8 Å². The summed E-state index contributed by atoms with van der Waals surface area (Å²) in [7, 11) is 0. The minimum absolute atomic E-state index is 0.150. The topological polar surface area (TPSA) is 72.0 Å². The Balaban J connectivity index is 1.79. The zero-order valence-electron chi connectivity index (χ0n) is 11.0. The average Bonchev–Trinajstić information content (AvgIpc) is 3.09. The van der Waals surface area contributed by atoms with Gasteiger partial charge in [-0.1, -0.05) is 24.6 Å². The zero-order valence-corrected chi connectivity index (χ0v) is 11.8. The summed E-state index contributed by atoms with van der Waals surface area (Å²) in [5.41, 5.74) is 1.78. The molecular formula is C15H14N4S. The molecule has 1 heterocycles. The van der Waals surface area contributed by atoms with Gasteiger partial charge in [0.05, 0.1) is 16.7 Å². The van der Waals surface area contributed by atoms with Crippen molar-refractivity contribution >= 4 is 22.6 Å². The van der Waals surface area contributed by atoms with Gasteiger partial charge in [-0.2, -0.15) is 10.5 Å². The molecule has 0 amide bonds. The van der Waals surface area contributed by atoms with Crippen LogP contribution in [0.1, 0.15) is 36.8 Å². The molecule has 3 rings (SSSR count). The molecule has 0 saturated heterocycles. The molecule has 100 valence electrons. The highest BCUT2D eigenvalue weighted by atomic mass is 32.2. The van der Waals surface area contributed by atoms with E-state index < -0.39 is 0 Å². The lowest BCUT2D eigenvalue weighted by Crippen LogP contribution is -2.21. The van der Waals surface area contributed by atoms with Gasteiger partial charge in [0.15, 0.2) is 5.17 Å². The number of hydrogen-bond acceptors (Lipinski definition) is 5. The maximum Gasteiger partial charge on any atom is 0.161 e. The number of aliphatic imine (C=N–C) groups is 1. The minimum Gasteiger partial charge on any atom is -0.335 e. The van der Waals surface area contributed by atoms with Crippen molar-refractivity contribution < 1.29 is 0 Å². The van der Waals surface area contributed by atoms with Gasteiger partial charge in [0.1, 0.15) is 12.1 Å². The highest BCUT2D eigenvalue weighted by molar-refractivity contribution is 8.14. The van der Waals surface area contributed by atoms with Crippen LogP contribution < -0.4 is 5.32 Å². The van der Waals surface area contributed by atoms with Gasteiger partial charge in [0.25, 0.3) is 0 Å². The molecule has 1 aromatic carbocycles. The largest absolute Gasteiger partial charge is 0.335 e. The van der Waals surface area contributed by atoms with Gasteiger partial charge in [-0.25, -0.2) is 0 Å². The van der Waals surface area contributed by atoms with Crippen LogP contribution in [0, 0.1) is 22.7 Å². The quantitative estimate of drug-likeness (QED) is 0.858. The highest BCUT2D eigenvalue weighted by Crippen LogP contribution is 2.41. The molecule has 4 nitrogen and oxygen atoms in total. The number of hydrogen-bond donors (Lipinski definition) is 1. The number of nitrogens with zero attached hydrogens (tertiary/aromatic N) is 3. The first-order chi connectivity index (χ1) is 9.74. The summed E-state index contributed by atoms with van der Waals surface area (Å²) in [4.78, 5) is 4.83. The first-order valence-electron chi connectivity index (χ1n) is 6.69. The molecule has 0 unspecified atom stereocenters. The van der Waals surface area contributed by atoms with Crippen molar-refractivity contribution in [2.75, 3.05) is 11.1 Å². The number of nitrogens with one attached hydrogen (secondary N) is 1. The van der Waals surface area contributed by atoms with Crippen molar-refractivity contribution in [3.05, 3.63) is 29.3 Å². The van der Waals surface area contributed by atoms with E-state index in [0.29, 0.717) is 11.1 Å². The predicted octanol–water partition coefficient (Wildman–Crippen LogP) is 3.26. The van der Waals surface area contributed by atoms with Gasteiger partial charge in [0, 0.05) is 11.4 Å². The van der Waals surface area contributed by atoms with Crippen LogP contribution in [0.25, 0.3) is 0 Å². The predicted molar refractivity (Wildman–Crippen MR) is 80.6 cm³/mol. The molecule has 1 spiro atoms. The van der Waals surface area contributed by atoms with Gasteiger partial charge in [-0.15, -0.1) is 0 Å². The van der Waals surface area contributed by atoms with Crippen LogP contribution in [0.2, 0.25) is 0 Å². The number of anilines is 1. The maximum absolute atomic E-state index is 9.04. The van der Waals surface area contributed by atoms with Crippen molar-refractivity contribution in [1.82, 2.24) is 0 Å². The number of thioether (sulfide) groups is 1. The summed E-state index contributed by atoms with van der Waals surface area (Å²) >= 11 is 1.75. The van der Waals surface area contributed by atoms with Crippen LogP contribution in [0.4, 0.5) is 5.69 Å². The fourth-order valence-corrected chi connectivity index (χ4v) is 3.98. The fourth-order valence-electron chi connectivity index (χ4n) is 2.77. The number of amidine groups is 1. The molecular weight excluding hydrogens is 268 g/mol. The Bertz CT molecular complexity index is 645. The molecule has 0 aromatic heterocycles. The third-order valence-electron chi connectivity index (χ3n) is 3.86. The SMILES string of the molecule is N#Cc1ccc(NC2=NC3(CCCC3)CS2)cc1C#N. The van der Waals surface area contributed by atoms with E-state index in [2.05, 4.69) is 11.4 Å². The van der Waals surface area contributed by atoms with Crippen molar-refractivity contribution in [2.24, 2.45) is 4.99 Å². The summed E-state index contributed by atoms with van der Waals surface area (Å²) in [6, 6.07) is 9.28. The fraction of sp³-hybridized carbons (Fsp3) is 0.400. The molecule has 5 heteroatoms. The van der Waals surface area contributed by atoms with Crippen molar-refractivity contribution in [1.29, 1.82) is 10.5 Å². The Hall–Kier alpha value is -1.98. The van der Waals surface area contributed by atoms with E-state index in [4.69, 9.17) is 15.5 Å². The number of nitriles is 2. The monoisotopic (exact) mass is 282 g/mol.